The fourth-order valence-electron chi connectivity index (χ4n) is 4.59. The third-order valence-corrected chi connectivity index (χ3v) is 6.38. The molecule has 192 valence electrons. The van der Waals surface area contributed by atoms with E-state index in [1.165, 1.54) is 4.74 Å². The van der Waals surface area contributed by atoms with E-state index in [1.807, 2.05) is 58.6 Å². The fraction of sp³-hybridized carbons (Fsp3) is 0.357. The first-order valence-electron chi connectivity index (χ1n) is 12.4. The average molecular weight is 502 g/mol. The molecule has 1 aliphatic heterocycles. The van der Waals surface area contributed by atoms with Gasteiger partial charge in [-0.15, -0.1) is 0 Å². The molecule has 9 heteroatoms. The first-order chi connectivity index (χ1) is 17.6. The van der Waals surface area contributed by atoms with E-state index in [0.717, 1.165) is 16.8 Å². The molecule has 0 atom stereocenters. The minimum atomic E-state index is -0.454. The summed E-state index contributed by atoms with van der Waals surface area (Å²) in [6.07, 6.45) is 2.31. The summed E-state index contributed by atoms with van der Waals surface area (Å²) in [5.41, 5.74) is 3.80. The van der Waals surface area contributed by atoms with E-state index in [9.17, 15) is 9.59 Å². The minimum Gasteiger partial charge on any atom is -0.493 e. The zero-order valence-electron chi connectivity index (χ0n) is 22.0. The van der Waals surface area contributed by atoms with Crippen LogP contribution in [0.4, 0.5) is 17.3 Å². The third kappa shape index (κ3) is 4.45. The van der Waals surface area contributed by atoms with E-state index in [4.69, 9.17) is 9.26 Å². The standard InChI is InChI=1S/C28H31N5O4/c1-7-32-24-21(26(34)31-23-16(2)12-17(3)30-25(23)32)13-18(15-29-24)10-11-36-19-8-9-22-20(14-19)27(35)33(37-22)28(4,5)6/h8-9,12-15H,7,10-11H2,1-6H3,(H,31,34). The summed E-state index contributed by atoms with van der Waals surface area (Å²) in [5.74, 6) is 1.66. The van der Waals surface area contributed by atoms with Crippen molar-refractivity contribution in [2.75, 3.05) is 23.4 Å². The molecule has 9 nitrogen and oxygen atoms in total. The average Bonchev–Trinajstić information content (AvgIpc) is 3.12. The van der Waals surface area contributed by atoms with Crippen LogP contribution in [-0.2, 0) is 12.0 Å². The topological polar surface area (TPSA) is 102 Å². The van der Waals surface area contributed by atoms with Gasteiger partial charge in [-0.3, -0.25) is 9.59 Å². The summed E-state index contributed by atoms with van der Waals surface area (Å²) in [6.45, 7) is 12.6. The van der Waals surface area contributed by atoms with Gasteiger partial charge in [-0.2, -0.15) is 4.74 Å². The van der Waals surface area contributed by atoms with E-state index in [-0.39, 0.29) is 11.5 Å². The number of ether oxygens (including phenoxy) is 1. The number of hydrogen-bond donors (Lipinski definition) is 1. The van der Waals surface area contributed by atoms with Crippen LogP contribution in [0.15, 0.2) is 45.8 Å². The van der Waals surface area contributed by atoms with Crippen molar-refractivity contribution in [1.29, 1.82) is 0 Å². The van der Waals surface area contributed by atoms with Crippen molar-refractivity contribution in [2.24, 2.45) is 0 Å². The molecule has 37 heavy (non-hydrogen) atoms. The van der Waals surface area contributed by atoms with Gasteiger partial charge in [0.2, 0.25) is 0 Å². The molecule has 1 aliphatic rings. The van der Waals surface area contributed by atoms with Crippen molar-refractivity contribution in [3.8, 4) is 5.75 Å². The normalized spacial score (nSPS) is 13.2. The maximum Gasteiger partial charge on any atom is 0.290 e. The van der Waals surface area contributed by atoms with Crippen molar-refractivity contribution in [3.05, 3.63) is 69.3 Å². The van der Waals surface area contributed by atoms with Crippen LogP contribution >= 0.6 is 0 Å². The maximum atomic E-state index is 13.2. The Hall–Kier alpha value is -4.14. The number of carbonyl (C=O) groups excluding carboxylic acids is 1. The summed E-state index contributed by atoms with van der Waals surface area (Å²) < 4.78 is 13.0. The summed E-state index contributed by atoms with van der Waals surface area (Å²) in [5, 5.41) is 3.51. The number of aromatic nitrogens is 3. The van der Waals surface area contributed by atoms with Crippen LogP contribution in [0.25, 0.3) is 11.0 Å². The predicted octanol–water partition coefficient (Wildman–Crippen LogP) is 5.10. The molecule has 0 spiro atoms. The molecule has 0 radical (unpaired) electrons. The summed E-state index contributed by atoms with van der Waals surface area (Å²) in [4.78, 5) is 37.2. The number of benzene rings is 1. The highest BCUT2D eigenvalue weighted by Crippen LogP contribution is 2.37. The van der Waals surface area contributed by atoms with Crippen LogP contribution in [0.3, 0.4) is 0 Å². The number of anilines is 3. The van der Waals surface area contributed by atoms with Gasteiger partial charge in [0.05, 0.1) is 28.8 Å². The SMILES string of the molecule is CCN1c2ncc(CCOc3ccc4on(C(C)(C)C)c(=O)c4c3)cc2C(=O)Nc2c(C)cc(C)nc21. The number of pyridine rings is 2. The van der Waals surface area contributed by atoms with E-state index in [0.29, 0.717) is 59.2 Å². The second-order valence-electron chi connectivity index (χ2n) is 10.3. The predicted molar refractivity (Wildman–Crippen MR) is 143 cm³/mol. The highest BCUT2D eigenvalue weighted by atomic mass is 16.5. The van der Waals surface area contributed by atoms with Crippen LogP contribution in [0, 0.1) is 13.8 Å². The summed E-state index contributed by atoms with van der Waals surface area (Å²) in [7, 11) is 0. The molecule has 0 fully saturated rings. The monoisotopic (exact) mass is 501 g/mol. The molecule has 1 amide bonds. The van der Waals surface area contributed by atoms with E-state index in [1.54, 1.807) is 24.4 Å². The Labute approximate surface area is 215 Å². The molecule has 1 N–H and O–H groups in total. The Bertz CT molecular complexity index is 1580. The van der Waals surface area contributed by atoms with Gasteiger partial charge in [-0.25, -0.2) is 9.97 Å². The molecule has 0 bridgehead atoms. The van der Waals surface area contributed by atoms with Crippen LogP contribution in [0.1, 0.15) is 54.9 Å². The lowest BCUT2D eigenvalue weighted by Gasteiger charge is -2.23. The van der Waals surface area contributed by atoms with Crippen LogP contribution in [0.5, 0.6) is 5.75 Å². The number of nitrogens with zero attached hydrogens (tertiary/aromatic N) is 4. The quantitative estimate of drug-likeness (QED) is 0.406. The smallest absolute Gasteiger partial charge is 0.290 e. The number of amides is 1. The lowest BCUT2D eigenvalue weighted by atomic mass is 10.1. The Morgan fingerprint density at radius 1 is 1.08 bits per heavy atom. The molecule has 0 saturated heterocycles. The first kappa shape index (κ1) is 24.5. The van der Waals surface area contributed by atoms with Gasteiger partial charge in [0, 0.05) is 24.9 Å². The van der Waals surface area contributed by atoms with Crippen molar-refractivity contribution in [3.63, 3.8) is 0 Å². The summed E-state index contributed by atoms with van der Waals surface area (Å²) in [6, 6.07) is 9.06. The number of nitrogens with one attached hydrogen (secondary N) is 1. The van der Waals surface area contributed by atoms with Crippen molar-refractivity contribution >= 4 is 34.2 Å². The Morgan fingerprint density at radius 3 is 2.59 bits per heavy atom. The van der Waals surface area contributed by atoms with Crippen LogP contribution in [0.2, 0.25) is 0 Å². The third-order valence-electron chi connectivity index (χ3n) is 6.38. The summed E-state index contributed by atoms with van der Waals surface area (Å²) >= 11 is 0. The molecular formula is C28H31N5O4. The molecule has 4 aromatic rings. The Kier molecular flexibility index (Phi) is 6.01. The van der Waals surface area contributed by atoms with Gasteiger partial charge < -0.3 is 19.5 Å². The largest absolute Gasteiger partial charge is 0.493 e. The van der Waals surface area contributed by atoms with Gasteiger partial charge in [0.25, 0.3) is 11.5 Å². The molecule has 0 saturated carbocycles. The van der Waals surface area contributed by atoms with Crippen molar-refractivity contribution in [1.82, 2.24) is 14.7 Å². The van der Waals surface area contributed by atoms with Crippen LogP contribution in [-0.4, -0.2) is 33.8 Å². The zero-order chi connectivity index (χ0) is 26.5. The molecule has 0 unspecified atom stereocenters. The molecule has 1 aromatic carbocycles. The van der Waals surface area contributed by atoms with E-state index in [2.05, 4.69) is 15.3 Å². The molecule has 4 heterocycles. The lowest BCUT2D eigenvalue weighted by Crippen LogP contribution is -2.30. The molecular weight excluding hydrogens is 470 g/mol. The number of carbonyl (C=O) groups is 1. The fourth-order valence-corrected chi connectivity index (χ4v) is 4.59. The Morgan fingerprint density at radius 2 is 1.86 bits per heavy atom. The van der Waals surface area contributed by atoms with Crippen molar-refractivity contribution < 1.29 is 14.1 Å². The second kappa shape index (κ2) is 9.06. The minimum absolute atomic E-state index is 0.185. The van der Waals surface area contributed by atoms with Gasteiger partial charge in [0.15, 0.2) is 11.4 Å². The second-order valence-corrected chi connectivity index (χ2v) is 10.3. The lowest BCUT2D eigenvalue weighted by molar-refractivity contribution is 0.102. The van der Waals surface area contributed by atoms with Crippen LogP contribution < -0.4 is 20.5 Å². The van der Waals surface area contributed by atoms with Gasteiger partial charge in [0.1, 0.15) is 11.6 Å². The number of fused-ring (bicyclic) bond motifs is 3. The van der Waals surface area contributed by atoms with Crippen molar-refractivity contribution in [2.45, 2.75) is 53.5 Å². The highest BCUT2D eigenvalue weighted by molar-refractivity contribution is 6.11. The molecule has 0 aliphatic carbocycles. The molecule has 3 aromatic heterocycles. The number of rotatable bonds is 5. The van der Waals surface area contributed by atoms with Gasteiger partial charge in [-0.05, 0) is 83.0 Å². The highest BCUT2D eigenvalue weighted by Gasteiger charge is 2.28. The van der Waals surface area contributed by atoms with E-state index >= 15 is 0 Å². The first-order valence-corrected chi connectivity index (χ1v) is 12.4. The zero-order valence-corrected chi connectivity index (χ0v) is 22.0. The van der Waals surface area contributed by atoms with E-state index < -0.39 is 5.54 Å². The Balaban J connectivity index is 1.36. The van der Waals surface area contributed by atoms with Gasteiger partial charge >= 0.3 is 0 Å². The number of hydrogen-bond acceptors (Lipinski definition) is 7. The molecule has 5 rings (SSSR count). The number of aryl methyl sites for hydroxylation is 2. The maximum absolute atomic E-state index is 13.2. The van der Waals surface area contributed by atoms with Gasteiger partial charge in [-0.1, -0.05) is 0 Å².